The topological polar surface area (TPSA) is 53.7 Å². The Morgan fingerprint density at radius 2 is 2.29 bits per heavy atom. The summed E-state index contributed by atoms with van der Waals surface area (Å²) < 4.78 is 16.4. The van der Waals surface area contributed by atoms with Crippen molar-refractivity contribution in [3.05, 3.63) is 29.8 Å². The first-order chi connectivity index (χ1) is 8.38. The van der Waals surface area contributed by atoms with Gasteiger partial charge in [0.05, 0.1) is 19.3 Å². The minimum Gasteiger partial charge on any atom is -0.491 e. The van der Waals surface area contributed by atoms with Crippen LogP contribution in [0.25, 0.3) is 0 Å². The van der Waals surface area contributed by atoms with Gasteiger partial charge in [0, 0.05) is 13.2 Å². The molecule has 0 amide bonds. The fourth-order valence-corrected chi connectivity index (χ4v) is 1.78. The standard InChI is InChI=1S/C13H19NO3/c14-9-11-2-1-3-12(8-11)16-6-7-17-13-4-5-15-10-13/h1-3,8,13H,4-7,9-10,14H2. The van der Waals surface area contributed by atoms with Crippen molar-refractivity contribution in [2.75, 3.05) is 26.4 Å². The molecule has 1 atom stereocenters. The zero-order valence-electron chi connectivity index (χ0n) is 9.93. The first-order valence-corrected chi connectivity index (χ1v) is 5.99. The van der Waals surface area contributed by atoms with Crippen LogP contribution in [0.15, 0.2) is 24.3 Å². The molecule has 94 valence electrons. The number of rotatable bonds is 6. The second-order valence-corrected chi connectivity index (χ2v) is 4.06. The van der Waals surface area contributed by atoms with Gasteiger partial charge in [0.15, 0.2) is 0 Å². The van der Waals surface area contributed by atoms with Crippen LogP contribution >= 0.6 is 0 Å². The Balaban J connectivity index is 1.66. The van der Waals surface area contributed by atoms with Gasteiger partial charge in [-0.3, -0.25) is 0 Å². The van der Waals surface area contributed by atoms with Gasteiger partial charge in [-0.25, -0.2) is 0 Å². The van der Waals surface area contributed by atoms with Crippen molar-refractivity contribution in [1.82, 2.24) is 0 Å². The van der Waals surface area contributed by atoms with E-state index in [-0.39, 0.29) is 6.10 Å². The van der Waals surface area contributed by atoms with Gasteiger partial charge >= 0.3 is 0 Å². The molecule has 0 radical (unpaired) electrons. The van der Waals surface area contributed by atoms with Crippen LogP contribution in [-0.4, -0.2) is 32.5 Å². The van der Waals surface area contributed by atoms with E-state index in [0.717, 1.165) is 24.3 Å². The van der Waals surface area contributed by atoms with Crippen LogP contribution in [0.5, 0.6) is 5.75 Å². The maximum atomic E-state index is 5.61. The largest absolute Gasteiger partial charge is 0.491 e. The Bertz CT molecular complexity index is 337. The summed E-state index contributed by atoms with van der Waals surface area (Å²) in [7, 11) is 0. The Labute approximate surface area is 102 Å². The lowest BCUT2D eigenvalue weighted by atomic mass is 10.2. The fraction of sp³-hybridized carbons (Fsp3) is 0.538. The molecule has 0 aromatic heterocycles. The molecular weight excluding hydrogens is 218 g/mol. The van der Waals surface area contributed by atoms with Crippen molar-refractivity contribution >= 4 is 0 Å². The van der Waals surface area contributed by atoms with Gasteiger partial charge in [0.1, 0.15) is 12.4 Å². The Morgan fingerprint density at radius 1 is 1.35 bits per heavy atom. The number of nitrogens with two attached hydrogens (primary N) is 1. The second-order valence-electron chi connectivity index (χ2n) is 4.06. The van der Waals surface area contributed by atoms with Crippen LogP contribution in [0.2, 0.25) is 0 Å². The van der Waals surface area contributed by atoms with Crippen molar-refractivity contribution < 1.29 is 14.2 Å². The molecule has 1 aromatic rings. The molecule has 1 unspecified atom stereocenters. The molecule has 17 heavy (non-hydrogen) atoms. The van der Waals surface area contributed by atoms with E-state index in [9.17, 15) is 0 Å². The van der Waals surface area contributed by atoms with Gasteiger partial charge in [-0.05, 0) is 24.1 Å². The lowest BCUT2D eigenvalue weighted by Gasteiger charge is -2.11. The molecule has 1 heterocycles. The number of hydrogen-bond donors (Lipinski definition) is 1. The Hall–Kier alpha value is -1.10. The van der Waals surface area contributed by atoms with Gasteiger partial charge in [-0.1, -0.05) is 12.1 Å². The van der Waals surface area contributed by atoms with Crippen LogP contribution in [0.1, 0.15) is 12.0 Å². The second kappa shape index (κ2) is 6.59. The van der Waals surface area contributed by atoms with Crippen LogP contribution in [0.3, 0.4) is 0 Å². The molecule has 1 saturated heterocycles. The normalized spacial score (nSPS) is 19.5. The highest BCUT2D eigenvalue weighted by Gasteiger charge is 2.15. The van der Waals surface area contributed by atoms with Crippen LogP contribution < -0.4 is 10.5 Å². The third kappa shape index (κ3) is 4.00. The summed E-state index contributed by atoms with van der Waals surface area (Å²) in [6, 6.07) is 7.82. The summed E-state index contributed by atoms with van der Waals surface area (Å²) in [6.07, 6.45) is 1.23. The number of ether oxygens (including phenoxy) is 3. The van der Waals surface area contributed by atoms with Gasteiger partial charge in [-0.2, -0.15) is 0 Å². The molecule has 2 rings (SSSR count). The van der Waals surface area contributed by atoms with Crippen molar-refractivity contribution in [2.24, 2.45) is 5.73 Å². The van der Waals surface area contributed by atoms with E-state index >= 15 is 0 Å². The number of benzene rings is 1. The van der Waals surface area contributed by atoms with E-state index in [4.69, 9.17) is 19.9 Å². The van der Waals surface area contributed by atoms with Gasteiger partial charge < -0.3 is 19.9 Å². The van der Waals surface area contributed by atoms with Crippen molar-refractivity contribution in [3.63, 3.8) is 0 Å². The van der Waals surface area contributed by atoms with Crippen molar-refractivity contribution in [3.8, 4) is 5.75 Å². The van der Waals surface area contributed by atoms with E-state index in [1.165, 1.54) is 0 Å². The average Bonchev–Trinajstić information content (AvgIpc) is 2.88. The maximum absolute atomic E-state index is 5.61. The molecule has 1 aliphatic rings. The predicted molar refractivity (Wildman–Crippen MR) is 65.0 cm³/mol. The molecule has 0 spiro atoms. The molecule has 0 bridgehead atoms. The quantitative estimate of drug-likeness (QED) is 0.758. The highest BCUT2D eigenvalue weighted by Crippen LogP contribution is 2.13. The van der Waals surface area contributed by atoms with Crippen LogP contribution in [0.4, 0.5) is 0 Å². The zero-order valence-corrected chi connectivity index (χ0v) is 9.93. The van der Waals surface area contributed by atoms with E-state index < -0.39 is 0 Å². The van der Waals surface area contributed by atoms with Crippen molar-refractivity contribution in [2.45, 2.75) is 19.1 Å². The predicted octanol–water partition coefficient (Wildman–Crippen LogP) is 1.33. The summed E-state index contributed by atoms with van der Waals surface area (Å²) in [5.41, 5.74) is 6.64. The molecular formula is C13H19NO3. The van der Waals surface area contributed by atoms with Crippen LogP contribution in [0, 0.1) is 0 Å². The summed E-state index contributed by atoms with van der Waals surface area (Å²) in [4.78, 5) is 0. The maximum Gasteiger partial charge on any atom is 0.119 e. The third-order valence-electron chi connectivity index (χ3n) is 2.73. The SMILES string of the molecule is NCc1cccc(OCCOC2CCOC2)c1. The lowest BCUT2D eigenvalue weighted by Crippen LogP contribution is -2.17. The zero-order chi connectivity index (χ0) is 11.9. The minimum atomic E-state index is 0.244. The molecule has 4 nitrogen and oxygen atoms in total. The van der Waals surface area contributed by atoms with Gasteiger partial charge in [-0.15, -0.1) is 0 Å². The highest BCUT2D eigenvalue weighted by atomic mass is 16.6. The summed E-state index contributed by atoms with van der Waals surface area (Å²) in [5, 5.41) is 0. The highest BCUT2D eigenvalue weighted by molar-refractivity contribution is 5.28. The average molecular weight is 237 g/mol. The minimum absolute atomic E-state index is 0.244. The van der Waals surface area contributed by atoms with Crippen LogP contribution in [-0.2, 0) is 16.0 Å². The smallest absolute Gasteiger partial charge is 0.119 e. The Kier molecular flexibility index (Phi) is 4.79. The van der Waals surface area contributed by atoms with Gasteiger partial charge in [0.25, 0.3) is 0 Å². The van der Waals surface area contributed by atoms with E-state index in [1.54, 1.807) is 0 Å². The molecule has 0 aliphatic carbocycles. The molecule has 1 aliphatic heterocycles. The van der Waals surface area contributed by atoms with E-state index in [1.807, 2.05) is 24.3 Å². The monoisotopic (exact) mass is 237 g/mol. The summed E-state index contributed by atoms with van der Waals surface area (Å²) in [6.45, 7) is 3.21. The summed E-state index contributed by atoms with van der Waals surface area (Å²) >= 11 is 0. The molecule has 4 heteroatoms. The summed E-state index contributed by atoms with van der Waals surface area (Å²) in [5.74, 6) is 0.847. The van der Waals surface area contributed by atoms with E-state index in [2.05, 4.69) is 0 Å². The molecule has 1 fully saturated rings. The number of hydrogen-bond acceptors (Lipinski definition) is 4. The van der Waals surface area contributed by atoms with Crippen molar-refractivity contribution in [1.29, 1.82) is 0 Å². The first kappa shape index (κ1) is 12.4. The fourth-order valence-electron chi connectivity index (χ4n) is 1.78. The first-order valence-electron chi connectivity index (χ1n) is 5.99. The Morgan fingerprint density at radius 3 is 3.06 bits per heavy atom. The molecule has 2 N–H and O–H groups in total. The van der Waals surface area contributed by atoms with Gasteiger partial charge in [0.2, 0.25) is 0 Å². The molecule has 1 aromatic carbocycles. The molecule has 0 saturated carbocycles. The third-order valence-corrected chi connectivity index (χ3v) is 2.73. The van der Waals surface area contributed by atoms with E-state index in [0.29, 0.717) is 26.4 Å². The lowest BCUT2D eigenvalue weighted by molar-refractivity contribution is 0.0265.